The number of aliphatic hydroxyl groups is 1. The van der Waals surface area contributed by atoms with E-state index in [2.05, 4.69) is 26.2 Å². The number of aliphatic hydroxyl groups excluding tert-OH is 1. The Morgan fingerprint density at radius 3 is 1.52 bits per heavy atom. The lowest BCUT2D eigenvalue weighted by Crippen LogP contribution is -2.63. The van der Waals surface area contributed by atoms with Gasteiger partial charge in [0.25, 0.3) is 0 Å². The van der Waals surface area contributed by atoms with Gasteiger partial charge in [0.15, 0.2) is 0 Å². The number of amides is 11. The summed E-state index contributed by atoms with van der Waals surface area (Å²) in [6, 6.07) is -12.9. The first-order valence-corrected chi connectivity index (χ1v) is 33.7. The van der Waals surface area contributed by atoms with Crippen molar-refractivity contribution in [3.63, 3.8) is 0 Å². The minimum Gasteiger partial charge on any atom is -0.390 e. The van der Waals surface area contributed by atoms with Crippen LogP contribution in [0.15, 0.2) is 24.3 Å². The van der Waals surface area contributed by atoms with Gasteiger partial charge in [-0.1, -0.05) is 107 Å². The minimum absolute atomic E-state index is 0.00830. The number of morpholine rings is 1. The van der Waals surface area contributed by atoms with Gasteiger partial charge in [-0.25, -0.2) is 0 Å². The number of ether oxygens (including phenoxy) is 2. The fraction of sp³-hybridized carbons (Fsp3) is 0.779. The predicted molar refractivity (Wildman–Crippen MR) is 361 cm³/mol. The van der Waals surface area contributed by atoms with Crippen LogP contribution in [-0.4, -0.2) is 277 Å². The molecule has 0 spiro atoms. The van der Waals surface area contributed by atoms with E-state index in [4.69, 9.17) is 9.47 Å². The van der Waals surface area contributed by atoms with E-state index in [-0.39, 0.29) is 50.0 Å². The molecule has 26 heteroatoms. The maximum absolute atomic E-state index is 15.2. The van der Waals surface area contributed by atoms with Crippen LogP contribution in [-0.2, 0) is 62.2 Å². The molecule has 2 heterocycles. The zero-order valence-electron chi connectivity index (χ0n) is 61.0. The Labute approximate surface area is 561 Å². The van der Waals surface area contributed by atoms with Crippen LogP contribution in [0.2, 0.25) is 0 Å². The number of hydrogen-bond donors (Lipinski definition) is 5. The van der Waals surface area contributed by atoms with Crippen LogP contribution in [0.5, 0.6) is 0 Å². The third-order valence-electron chi connectivity index (χ3n) is 17.8. The maximum Gasteiger partial charge on any atom is 0.246 e. The van der Waals surface area contributed by atoms with Crippen LogP contribution >= 0.6 is 0 Å². The molecule has 0 aromatic rings. The molecule has 2 aliphatic rings. The Hall–Kier alpha value is -6.51. The highest BCUT2D eigenvalue weighted by Crippen LogP contribution is 2.26. The van der Waals surface area contributed by atoms with Crippen molar-refractivity contribution in [1.29, 1.82) is 0 Å². The second-order valence-corrected chi connectivity index (χ2v) is 27.8. The molecule has 2 rings (SSSR count). The summed E-state index contributed by atoms with van der Waals surface area (Å²) >= 11 is 0. The molecule has 0 unspecified atom stereocenters. The summed E-state index contributed by atoms with van der Waals surface area (Å²) in [5.41, 5.74) is 0. The molecular weight excluding hydrogens is 1210 g/mol. The molecule has 2 fully saturated rings. The summed E-state index contributed by atoms with van der Waals surface area (Å²) in [6.45, 7) is 30.4. The van der Waals surface area contributed by atoms with Crippen LogP contribution in [0.1, 0.15) is 143 Å². The summed E-state index contributed by atoms with van der Waals surface area (Å²) in [4.78, 5) is 173. The fourth-order valence-electron chi connectivity index (χ4n) is 11.8. The number of nitrogens with zero attached hydrogens (tertiary/aromatic N) is 8. The molecule has 26 nitrogen and oxygen atoms in total. The monoisotopic (exact) mass is 1330 g/mol. The number of likely N-dealkylation sites (N-methyl/N-ethyl adjacent to an activating group) is 7. The molecule has 0 saturated carbocycles. The van der Waals surface area contributed by atoms with Crippen molar-refractivity contribution in [2.24, 2.45) is 35.5 Å². The number of nitrogens with one attached hydrogen (secondary N) is 4. The number of rotatable bonds is 19. The summed E-state index contributed by atoms with van der Waals surface area (Å²) in [5, 5.41) is 23.2. The fourth-order valence-corrected chi connectivity index (χ4v) is 11.8. The van der Waals surface area contributed by atoms with Gasteiger partial charge in [0.2, 0.25) is 65.0 Å². The van der Waals surface area contributed by atoms with E-state index in [1.54, 1.807) is 73.6 Å². The smallest absolute Gasteiger partial charge is 0.246 e. The molecule has 0 bridgehead atoms. The van der Waals surface area contributed by atoms with Gasteiger partial charge in [0, 0.05) is 69.0 Å². The average molecular weight is 1330 g/mol. The molecule has 11 amide bonds. The zero-order chi connectivity index (χ0) is 71.9. The zero-order valence-corrected chi connectivity index (χ0v) is 61.0. The lowest BCUT2D eigenvalue weighted by molar-refractivity contribution is -0.157. The van der Waals surface area contributed by atoms with Gasteiger partial charge in [-0.05, 0) is 95.3 Å². The molecule has 0 aromatic heterocycles. The highest BCUT2D eigenvalue weighted by Gasteiger charge is 2.46. The average Bonchev–Trinajstić information content (AvgIpc) is 0.810. The van der Waals surface area contributed by atoms with Crippen LogP contribution in [0.3, 0.4) is 0 Å². The van der Waals surface area contributed by atoms with Crippen LogP contribution < -0.4 is 21.3 Å². The van der Waals surface area contributed by atoms with Crippen molar-refractivity contribution in [2.45, 2.75) is 216 Å². The molecule has 13 atom stereocenters. The van der Waals surface area contributed by atoms with Gasteiger partial charge >= 0.3 is 0 Å². The van der Waals surface area contributed by atoms with Gasteiger partial charge in [0.1, 0.15) is 60.4 Å². The molecule has 0 aromatic carbocycles. The van der Waals surface area contributed by atoms with Crippen molar-refractivity contribution in [1.82, 2.24) is 60.5 Å². The second-order valence-electron chi connectivity index (χ2n) is 27.8. The van der Waals surface area contributed by atoms with E-state index in [9.17, 15) is 43.5 Å². The maximum atomic E-state index is 15.2. The lowest BCUT2D eigenvalue weighted by atomic mass is 9.91. The number of allylic oxidation sites excluding steroid dienone is 2. The third-order valence-corrected chi connectivity index (χ3v) is 17.8. The van der Waals surface area contributed by atoms with Crippen LogP contribution in [0.25, 0.3) is 0 Å². The summed E-state index contributed by atoms with van der Waals surface area (Å²) in [7, 11) is 9.82. The number of carbonyl (C=O) groups is 11. The predicted octanol–water partition coefficient (Wildman–Crippen LogP) is 2.52. The van der Waals surface area contributed by atoms with Crippen LogP contribution in [0, 0.1) is 35.5 Å². The van der Waals surface area contributed by atoms with Crippen molar-refractivity contribution >= 4 is 65.0 Å². The minimum atomic E-state index is -1.64. The first kappa shape index (κ1) is 83.6. The molecule has 536 valence electrons. The van der Waals surface area contributed by atoms with E-state index in [0.29, 0.717) is 26.2 Å². The quantitative estimate of drug-likeness (QED) is 0.116. The summed E-state index contributed by atoms with van der Waals surface area (Å²) in [6.07, 6.45) is 5.45. The second kappa shape index (κ2) is 39.5. The Balaban J connectivity index is 2.99. The Morgan fingerprint density at radius 2 is 1.01 bits per heavy atom. The van der Waals surface area contributed by atoms with E-state index in [1.165, 1.54) is 82.8 Å². The van der Waals surface area contributed by atoms with Crippen molar-refractivity contribution < 1.29 is 67.3 Å². The van der Waals surface area contributed by atoms with Crippen molar-refractivity contribution in [3.8, 4) is 0 Å². The molecule has 94 heavy (non-hydrogen) atoms. The standard InChI is InChI=1S/C68H120N12O14/c1-24-26-29-45(13)58(82)57-62(86)71-49(25-2)64(88)73(17)39-53(81)77(21)56(48(16)94-33-28-27-30-80-31-34-93-35-32-80)61(85)72-54(43(9)10)67(91)74(18)50(36-40(3)4)60(84)69-46(14)59(83)70-47(15)63(87)75(19)51(37-41(5)6)65(89)76(20)52(38-42(7)8)66(90)78(22)55(44(11)12)68(92)79(57)23/h24,26-28,40-52,54-58,82H,25,29-39H2,1-23H3,(H,69,84)(H,70,83)(H,71,86)(H,72,85)/t45-,46+,47-,48-,49+,50+,51+,52+,54+,55+,56+,57+,58-/m1/s1. The van der Waals surface area contributed by atoms with E-state index in [0.717, 1.165) is 27.8 Å². The molecule has 5 N–H and O–H groups in total. The molecule has 0 aliphatic carbocycles. The van der Waals surface area contributed by atoms with Crippen LogP contribution in [0.4, 0.5) is 0 Å². The Morgan fingerprint density at radius 1 is 0.521 bits per heavy atom. The largest absolute Gasteiger partial charge is 0.390 e. The number of carbonyl (C=O) groups excluding carboxylic acids is 11. The molecular formula is C68H120N12O14. The topological polar surface area (TPSA) is 300 Å². The van der Waals surface area contributed by atoms with Crippen molar-refractivity contribution in [3.05, 3.63) is 24.3 Å². The van der Waals surface area contributed by atoms with Gasteiger partial charge in [-0.2, -0.15) is 0 Å². The first-order chi connectivity index (χ1) is 43.8. The van der Waals surface area contributed by atoms with Gasteiger partial charge in [0.05, 0.1) is 38.6 Å². The van der Waals surface area contributed by atoms with E-state index >= 15 is 14.4 Å². The third kappa shape index (κ3) is 24.0. The highest BCUT2D eigenvalue weighted by molar-refractivity contribution is 5.99. The van der Waals surface area contributed by atoms with Crippen molar-refractivity contribution in [2.75, 3.05) is 95.3 Å². The molecule has 2 aliphatic heterocycles. The first-order valence-electron chi connectivity index (χ1n) is 33.7. The van der Waals surface area contributed by atoms with Gasteiger partial charge in [-0.3, -0.25) is 57.6 Å². The normalized spacial score (nSPS) is 27.0. The van der Waals surface area contributed by atoms with Gasteiger partial charge < -0.3 is 70.1 Å². The summed E-state index contributed by atoms with van der Waals surface area (Å²) < 4.78 is 11.7. The molecule has 0 radical (unpaired) electrons. The Bertz CT molecular complexity index is 2590. The van der Waals surface area contributed by atoms with E-state index in [1.807, 2.05) is 47.6 Å². The Kier molecular flexibility index (Phi) is 35.1. The highest BCUT2D eigenvalue weighted by atomic mass is 16.5. The SMILES string of the molecule is CC=CC[C@@H](C)[C@@H](O)[C@H]1C(=O)N[C@@H](CC)C(=O)N(C)CC(=O)N(C)[C@@H]([C@@H](C)OCC=CCN2CCOCC2)C(=O)N[C@@H](C(C)C)C(=O)N(C)[C@@H](CC(C)C)C(=O)N[C@@H](C)C(=O)N[C@H](C)C(=O)N(C)[C@@H](CC(C)C)C(=O)N(C)[C@@H](CC(C)C)C(=O)N(C)[C@@H](C(C)C)C(=O)N1C. The van der Waals surface area contributed by atoms with E-state index < -0.39 is 162 Å². The lowest BCUT2D eigenvalue weighted by Gasteiger charge is -2.41. The summed E-state index contributed by atoms with van der Waals surface area (Å²) in [5.74, 6) is -10.1. The molecule has 2 saturated heterocycles. The number of hydrogen-bond acceptors (Lipinski definition) is 15. The van der Waals surface area contributed by atoms with Gasteiger partial charge in [-0.15, -0.1) is 0 Å².